The van der Waals surface area contributed by atoms with Gasteiger partial charge in [-0.3, -0.25) is 9.59 Å². The molecule has 6 heteroatoms. The van der Waals surface area contributed by atoms with Gasteiger partial charge in [0.05, 0.1) is 12.7 Å². The van der Waals surface area contributed by atoms with Crippen LogP contribution in [0.15, 0.2) is 18.2 Å². The van der Waals surface area contributed by atoms with Crippen molar-refractivity contribution in [1.29, 1.82) is 0 Å². The standard InChI is InChI=1S/C15H20N2O4/c1-2-13-11-7-10(5-6-16-14(19)8-18)3-4-12(11)17-15(20)9-21-13/h3-4,7-8,13,15,17,20H,2,5-6,9H2,1H3,(H,16,19)/t13-,15-/m1/s1. The van der Waals surface area contributed by atoms with Crippen molar-refractivity contribution < 1.29 is 19.4 Å². The van der Waals surface area contributed by atoms with Crippen molar-refractivity contribution in [2.75, 3.05) is 18.5 Å². The van der Waals surface area contributed by atoms with E-state index in [2.05, 4.69) is 10.6 Å². The fraction of sp³-hybridized carbons (Fsp3) is 0.467. The summed E-state index contributed by atoms with van der Waals surface area (Å²) in [6, 6.07) is 5.86. The van der Waals surface area contributed by atoms with Crippen LogP contribution < -0.4 is 10.6 Å². The van der Waals surface area contributed by atoms with Crippen LogP contribution in [-0.2, 0) is 20.7 Å². The Bertz CT molecular complexity index is 518. The minimum Gasteiger partial charge on any atom is -0.371 e. The summed E-state index contributed by atoms with van der Waals surface area (Å²) in [5, 5.41) is 15.3. The quantitative estimate of drug-likeness (QED) is 0.551. The Kier molecular flexibility index (Phi) is 5.30. The molecule has 0 bridgehead atoms. The lowest BCUT2D eigenvalue weighted by Gasteiger charge is -2.16. The first-order chi connectivity index (χ1) is 10.1. The highest BCUT2D eigenvalue weighted by atomic mass is 16.5. The summed E-state index contributed by atoms with van der Waals surface area (Å²) in [6.45, 7) is 2.69. The zero-order valence-electron chi connectivity index (χ0n) is 12.0. The molecule has 0 aromatic heterocycles. The van der Waals surface area contributed by atoms with E-state index in [9.17, 15) is 14.7 Å². The van der Waals surface area contributed by atoms with Crippen LogP contribution >= 0.6 is 0 Å². The number of aldehydes is 1. The Morgan fingerprint density at radius 2 is 2.38 bits per heavy atom. The number of nitrogens with one attached hydrogen (secondary N) is 2. The highest BCUT2D eigenvalue weighted by Gasteiger charge is 2.21. The van der Waals surface area contributed by atoms with Crippen molar-refractivity contribution >= 4 is 17.9 Å². The van der Waals surface area contributed by atoms with Crippen LogP contribution in [0.4, 0.5) is 5.69 Å². The van der Waals surface area contributed by atoms with E-state index in [1.54, 1.807) is 0 Å². The maximum atomic E-state index is 10.9. The molecular weight excluding hydrogens is 272 g/mol. The van der Waals surface area contributed by atoms with Gasteiger partial charge in [0.1, 0.15) is 6.23 Å². The molecule has 0 spiro atoms. The third-order valence-electron chi connectivity index (χ3n) is 3.43. The fourth-order valence-electron chi connectivity index (χ4n) is 2.39. The molecule has 1 aromatic rings. The Balaban J connectivity index is 2.10. The molecule has 1 aliphatic rings. The first kappa shape index (κ1) is 15.5. The maximum absolute atomic E-state index is 10.9. The number of aliphatic hydroxyl groups excluding tert-OH is 1. The van der Waals surface area contributed by atoms with E-state index in [0.717, 1.165) is 23.2 Å². The van der Waals surface area contributed by atoms with E-state index < -0.39 is 12.1 Å². The van der Waals surface area contributed by atoms with Gasteiger partial charge in [-0.1, -0.05) is 19.1 Å². The second-order valence-electron chi connectivity index (χ2n) is 4.97. The zero-order chi connectivity index (χ0) is 15.2. The summed E-state index contributed by atoms with van der Waals surface area (Å²) >= 11 is 0. The number of fused-ring (bicyclic) bond motifs is 1. The average Bonchev–Trinajstić information content (AvgIpc) is 2.65. The fourth-order valence-corrected chi connectivity index (χ4v) is 2.39. The summed E-state index contributed by atoms with van der Waals surface area (Å²) < 4.78 is 5.68. The summed E-state index contributed by atoms with van der Waals surface area (Å²) in [7, 11) is 0. The molecule has 0 radical (unpaired) electrons. The lowest BCUT2D eigenvalue weighted by Crippen LogP contribution is -2.26. The number of hydrogen-bond donors (Lipinski definition) is 3. The Labute approximate surface area is 123 Å². The van der Waals surface area contributed by atoms with E-state index in [4.69, 9.17) is 4.74 Å². The highest BCUT2D eigenvalue weighted by Crippen LogP contribution is 2.32. The summed E-state index contributed by atoms with van der Waals surface area (Å²) in [5.74, 6) is -0.607. The van der Waals surface area contributed by atoms with Gasteiger partial charge < -0.3 is 20.5 Å². The van der Waals surface area contributed by atoms with Crippen LogP contribution in [0.2, 0.25) is 0 Å². The SMILES string of the molecule is CC[C@H]1OC[C@@H](O)Nc2ccc(CCNC(=O)C=O)cc21. The first-order valence-corrected chi connectivity index (χ1v) is 7.06. The molecule has 0 unspecified atom stereocenters. The van der Waals surface area contributed by atoms with Gasteiger partial charge in [0.25, 0.3) is 5.91 Å². The van der Waals surface area contributed by atoms with Gasteiger partial charge in [-0.25, -0.2) is 0 Å². The third kappa shape index (κ3) is 4.03. The van der Waals surface area contributed by atoms with E-state index in [0.29, 0.717) is 13.0 Å². The van der Waals surface area contributed by atoms with E-state index in [1.165, 1.54) is 0 Å². The molecule has 1 aromatic carbocycles. The minimum absolute atomic E-state index is 0.0610. The Morgan fingerprint density at radius 3 is 3.10 bits per heavy atom. The predicted molar refractivity (Wildman–Crippen MR) is 77.8 cm³/mol. The van der Waals surface area contributed by atoms with E-state index in [-0.39, 0.29) is 19.0 Å². The van der Waals surface area contributed by atoms with Crippen molar-refractivity contribution in [2.45, 2.75) is 32.1 Å². The normalized spacial score (nSPS) is 20.9. The van der Waals surface area contributed by atoms with Gasteiger partial charge in [0.15, 0.2) is 0 Å². The number of carbonyl (C=O) groups excluding carboxylic acids is 2. The van der Waals surface area contributed by atoms with E-state index in [1.807, 2.05) is 25.1 Å². The Morgan fingerprint density at radius 1 is 1.57 bits per heavy atom. The van der Waals surface area contributed by atoms with Crippen molar-refractivity contribution in [3.63, 3.8) is 0 Å². The van der Waals surface area contributed by atoms with Crippen LogP contribution in [0, 0.1) is 0 Å². The lowest BCUT2D eigenvalue weighted by molar-refractivity contribution is -0.131. The van der Waals surface area contributed by atoms with Crippen LogP contribution in [0.25, 0.3) is 0 Å². The molecule has 1 heterocycles. The largest absolute Gasteiger partial charge is 0.371 e. The van der Waals surface area contributed by atoms with Crippen LogP contribution in [0.3, 0.4) is 0 Å². The molecule has 1 aliphatic heterocycles. The second kappa shape index (κ2) is 7.19. The Hall–Kier alpha value is -1.92. The number of anilines is 1. The van der Waals surface area contributed by atoms with Gasteiger partial charge in [0, 0.05) is 17.8 Å². The number of amides is 1. The molecule has 3 N–H and O–H groups in total. The average molecular weight is 292 g/mol. The summed E-state index contributed by atoms with van der Waals surface area (Å²) in [4.78, 5) is 21.1. The lowest BCUT2D eigenvalue weighted by atomic mass is 10.0. The van der Waals surface area contributed by atoms with Gasteiger partial charge >= 0.3 is 0 Å². The number of hydrogen-bond acceptors (Lipinski definition) is 5. The molecular formula is C15H20N2O4. The molecule has 0 fully saturated rings. The van der Waals surface area contributed by atoms with Gasteiger partial charge in [0.2, 0.25) is 6.29 Å². The molecule has 2 atom stereocenters. The highest BCUT2D eigenvalue weighted by molar-refractivity contribution is 6.23. The topological polar surface area (TPSA) is 87.7 Å². The number of ether oxygens (including phenoxy) is 1. The van der Waals surface area contributed by atoms with E-state index >= 15 is 0 Å². The monoisotopic (exact) mass is 292 g/mol. The molecule has 0 aliphatic carbocycles. The van der Waals surface area contributed by atoms with Crippen molar-refractivity contribution in [3.05, 3.63) is 29.3 Å². The first-order valence-electron chi connectivity index (χ1n) is 7.06. The molecule has 114 valence electrons. The zero-order valence-corrected chi connectivity index (χ0v) is 12.0. The van der Waals surface area contributed by atoms with Crippen LogP contribution in [0.1, 0.15) is 30.6 Å². The summed E-state index contributed by atoms with van der Waals surface area (Å²) in [6.07, 6.45) is 0.939. The van der Waals surface area contributed by atoms with Gasteiger partial charge in [-0.2, -0.15) is 0 Å². The molecule has 6 nitrogen and oxygen atoms in total. The molecule has 0 saturated heterocycles. The van der Waals surface area contributed by atoms with Crippen molar-refractivity contribution in [3.8, 4) is 0 Å². The van der Waals surface area contributed by atoms with Crippen molar-refractivity contribution in [1.82, 2.24) is 5.32 Å². The number of aliphatic hydroxyl groups is 1. The number of rotatable bonds is 5. The molecule has 2 rings (SSSR count). The van der Waals surface area contributed by atoms with Crippen LogP contribution in [-0.4, -0.2) is 36.7 Å². The maximum Gasteiger partial charge on any atom is 0.284 e. The van der Waals surface area contributed by atoms with Crippen molar-refractivity contribution in [2.24, 2.45) is 0 Å². The summed E-state index contributed by atoms with van der Waals surface area (Å²) in [5.41, 5.74) is 2.92. The smallest absolute Gasteiger partial charge is 0.284 e. The minimum atomic E-state index is -0.710. The molecule has 1 amide bonds. The predicted octanol–water partition coefficient (Wildman–Crippen LogP) is 0.756. The molecule has 0 saturated carbocycles. The third-order valence-corrected chi connectivity index (χ3v) is 3.43. The number of carbonyl (C=O) groups is 2. The molecule has 21 heavy (non-hydrogen) atoms. The second-order valence-corrected chi connectivity index (χ2v) is 4.97. The van der Waals surface area contributed by atoms with Gasteiger partial charge in [-0.05, 0) is 24.5 Å². The van der Waals surface area contributed by atoms with Crippen LogP contribution in [0.5, 0.6) is 0 Å². The number of benzene rings is 1. The van der Waals surface area contributed by atoms with Gasteiger partial charge in [-0.15, -0.1) is 0 Å².